The quantitative estimate of drug-likeness (QED) is 0.534. The van der Waals surface area contributed by atoms with Crippen molar-refractivity contribution in [3.05, 3.63) is 62.1 Å². The zero-order chi connectivity index (χ0) is 13.7. The van der Waals surface area contributed by atoms with E-state index < -0.39 is 0 Å². The Kier molecular flexibility index (Phi) is 5.59. The van der Waals surface area contributed by atoms with Crippen LogP contribution < -0.4 is 10.6 Å². The Morgan fingerprint density at radius 2 is 1.89 bits per heavy atom. The highest BCUT2D eigenvalue weighted by Gasteiger charge is 1.98. The summed E-state index contributed by atoms with van der Waals surface area (Å²) in [5.74, 6) is 0. The molecule has 0 unspecified atom stereocenters. The molecule has 98 valence electrons. The van der Waals surface area contributed by atoms with E-state index in [2.05, 4.69) is 67.4 Å². The van der Waals surface area contributed by atoms with E-state index in [1.54, 1.807) is 0 Å². The summed E-state index contributed by atoms with van der Waals surface area (Å²) >= 11 is 11.0. The molecule has 2 rings (SSSR count). The Morgan fingerprint density at radius 1 is 1.16 bits per heavy atom. The van der Waals surface area contributed by atoms with Gasteiger partial charge in [-0.2, -0.15) is 0 Å². The number of benzene rings is 2. The fraction of sp³-hybridized carbons (Fsp3) is 0.0714. The van der Waals surface area contributed by atoms with Crippen LogP contribution in [0, 0.1) is 3.57 Å². The van der Waals surface area contributed by atoms with Gasteiger partial charge in [0.2, 0.25) is 0 Å². The highest BCUT2D eigenvalue weighted by molar-refractivity contribution is 14.1. The second-order valence-electron chi connectivity index (χ2n) is 3.94. The van der Waals surface area contributed by atoms with Gasteiger partial charge in [0.05, 0.1) is 0 Å². The molecule has 5 heteroatoms. The second kappa shape index (κ2) is 7.21. The predicted molar refractivity (Wildman–Crippen MR) is 96.4 cm³/mol. The van der Waals surface area contributed by atoms with Crippen molar-refractivity contribution in [2.45, 2.75) is 6.54 Å². The summed E-state index contributed by atoms with van der Waals surface area (Å²) in [7, 11) is 0. The van der Waals surface area contributed by atoms with Crippen molar-refractivity contribution in [3.63, 3.8) is 0 Å². The lowest BCUT2D eigenvalue weighted by Crippen LogP contribution is -2.27. The van der Waals surface area contributed by atoms with Crippen molar-refractivity contribution in [2.75, 3.05) is 5.32 Å². The molecule has 0 bridgehead atoms. The molecule has 0 aliphatic heterocycles. The van der Waals surface area contributed by atoms with Gasteiger partial charge in [-0.05, 0) is 76.8 Å². The van der Waals surface area contributed by atoms with Gasteiger partial charge in [0.25, 0.3) is 0 Å². The predicted octanol–water partition coefficient (Wildman–Crippen LogP) is 4.54. The summed E-state index contributed by atoms with van der Waals surface area (Å²) in [4.78, 5) is 0. The topological polar surface area (TPSA) is 24.1 Å². The molecule has 0 atom stereocenters. The summed E-state index contributed by atoms with van der Waals surface area (Å²) < 4.78 is 2.28. The lowest BCUT2D eigenvalue weighted by atomic mass is 10.2. The molecule has 2 aromatic carbocycles. The molecule has 0 saturated carbocycles. The maximum Gasteiger partial charge on any atom is 0.171 e. The van der Waals surface area contributed by atoms with Crippen LogP contribution in [0.5, 0.6) is 0 Å². The van der Waals surface area contributed by atoms with Gasteiger partial charge in [0, 0.05) is 20.3 Å². The van der Waals surface area contributed by atoms with Crippen LogP contribution in [0.25, 0.3) is 0 Å². The third-order valence-electron chi connectivity index (χ3n) is 2.44. The third-order valence-corrected chi connectivity index (χ3v) is 3.89. The van der Waals surface area contributed by atoms with E-state index in [9.17, 15) is 0 Å². The lowest BCUT2D eigenvalue weighted by molar-refractivity contribution is 0.925. The fourth-order valence-corrected chi connectivity index (χ4v) is 2.60. The first-order chi connectivity index (χ1) is 9.13. The molecule has 0 radical (unpaired) electrons. The van der Waals surface area contributed by atoms with Gasteiger partial charge in [-0.3, -0.25) is 0 Å². The van der Waals surface area contributed by atoms with Crippen molar-refractivity contribution >= 4 is 61.5 Å². The van der Waals surface area contributed by atoms with Crippen LogP contribution in [0.4, 0.5) is 5.69 Å². The molecule has 2 aromatic rings. The zero-order valence-electron chi connectivity index (χ0n) is 9.99. The molecule has 0 amide bonds. The minimum Gasteiger partial charge on any atom is -0.358 e. The normalized spacial score (nSPS) is 10.0. The molecule has 2 nitrogen and oxygen atoms in total. The average Bonchev–Trinajstić information content (AvgIpc) is 2.39. The van der Waals surface area contributed by atoms with Crippen LogP contribution in [0.3, 0.4) is 0 Å². The molecule has 0 aliphatic carbocycles. The van der Waals surface area contributed by atoms with E-state index in [4.69, 9.17) is 12.2 Å². The van der Waals surface area contributed by atoms with Crippen molar-refractivity contribution < 1.29 is 0 Å². The number of anilines is 1. The molecule has 19 heavy (non-hydrogen) atoms. The zero-order valence-corrected chi connectivity index (χ0v) is 14.6. The Balaban J connectivity index is 1.86. The van der Waals surface area contributed by atoms with Gasteiger partial charge in [0.15, 0.2) is 5.11 Å². The number of nitrogens with one attached hydrogen (secondary N) is 2. The van der Waals surface area contributed by atoms with Crippen LogP contribution in [0.2, 0.25) is 0 Å². The summed E-state index contributed by atoms with van der Waals surface area (Å²) in [5, 5.41) is 6.97. The summed E-state index contributed by atoms with van der Waals surface area (Å²) in [6, 6.07) is 16.2. The average molecular weight is 447 g/mol. The van der Waals surface area contributed by atoms with Crippen LogP contribution >= 0.6 is 50.7 Å². The van der Waals surface area contributed by atoms with Gasteiger partial charge in [0.1, 0.15) is 0 Å². The van der Waals surface area contributed by atoms with E-state index >= 15 is 0 Å². The monoisotopic (exact) mass is 446 g/mol. The minimum absolute atomic E-state index is 0.626. The lowest BCUT2D eigenvalue weighted by Gasteiger charge is -2.10. The fourth-order valence-electron chi connectivity index (χ4n) is 1.54. The first-order valence-electron chi connectivity index (χ1n) is 5.68. The maximum atomic E-state index is 5.27. The Morgan fingerprint density at radius 3 is 2.58 bits per heavy atom. The molecule has 0 aliphatic rings. The Labute approximate surface area is 140 Å². The third kappa shape index (κ3) is 5.08. The van der Waals surface area contributed by atoms with Crippen LogP contribution in [-0.2, 0) is 6.54 Å². The molecular formula is C14H12BrIN2S. The molecule has 2 N–H and O–H groups in total. The van der Waals surface area contributed by atoms with Crippen molar-refractivity contribution in [1.29, 1.82) is 0 Å². The van der Waals surface area contributed by atoms with Crippen LogP contribution in [-0.4, -0.2) is 5.11 Å². The minimum atomic E-state index is 0.626. The molecule has 0 aromatic heterocycles. The number of thiocarbonyl (C=S) groups is 1. The molecular weight excluding hydrogens is 435 g/mol. The maximum absolute atomic E-state index is 5.27. The number of hydrogen-bond acceptors (Lipinski definition) is 1. The van der Waals surface area contributed by atoms with Crippen LogP contribution in [0.15, 0.2) is 53.0 Å². The van der Waals surface area contributed by atoms with Gasteiger partial charge in [-0.15, -0.1) is 0 Å². The van der Waals surface area contributed by atoms with Gasteiger partial charge < -0.3 is 10.6 Å². The molecule has 0 saturated heterocycles. The SMILES string of the molecule is S=C(NCc1cccc(I)c1)Nc1ccc(Br)cc1. The van der Waals surface area contributed by atoms with E-state index in [1.165, 1.54) is 9.13 Å². The Hall–Kier alpha value is -0.660. The van der Waals surface area contributed by atoms with E-state index in [0.29, 0.717) is 5.11 Å². The highest BCUT2D eigenvalue weighted by atomic mass is 127. The van der Waals surface area contributed by atoms with Gasteiger partial charge in [-0.1, -0.05) is 28.1 Å². The smallest absolute Gasteiger partial charge is 0.171 e. The largest absolute Gasteiger partial charge is 0.358 e. The first-order valence-corrected chi connectivity index (χ1v) is 7.96. The highest BCUT2D eigenvalue weighted by Crippen LogP contribution is 2.14. The number of rotatable bonds is 3. The van der Waals surface area contributed by atoms with Crippen molar-refractivity contribution in [1.82, 2.24) is 5.32 Å². The molecule has 0 spiro atoms. The summed E-state index contributed by atoms with van der Waals surface area (Å²) in [5.41, 5.74) is 2.19. The first kappa shape index (κ1) is 14.7. The second-order valence-corrected chi connectivity index (χ2v) is 6.51. The molecule has 0 fully saturated rings. The standard InChI is InChI=1S/C14H12BrIN2S/c15-11-4-6-13(7-5-11)18-14(19)17-9-10-2-1-3-12(16)8-10/h1-8H,9H2,(H2,17,18,19). The van der Waals surface area contributed by atoms with Gasteiger partial charge >= 0.3 is 0 Å². The van der Waals surface area contributed by atoms with Crippen LogP contribution in [0.1, 0.15) is 5.56 Å². The summed E-state index contributed by atoms with van der Waals surface area (Å²) in [6.45, 7) is 0.721. The summed E-state index contributed by atoms with van der Waals surface area (Å²) in [6.07, 6.45) is 0. The number of hydrogen-bond donors (Lipinski definition) is 2. The number of halogens is 2. The van der Waals surface area contributed by atoms with Gasteiger partial charge in [-0.25, -0.2) is 0 Å². The Bertz CT molecular complexity index is 572. The van der Waals surface area contributed by atoms with Crippen molar-refractivity contribution in [3.8, 4) is 0 Å². The van der Waals surface area contributed by atoms with E-state index in [0.717, 1.165) is 16.7 Å². The van der Waals surface area contributed by atoms with Crippen molar-refractivity contribution in [2.24, 2.45) is 0 Å². The van der Waals surface area contributed by atoms with E-state index in [1.807, 2.05) is 30.3 Å². The molecule has 0 heterocycles. The van der Waals surface area contributed by atoms with E-state index in [-0.39, 0.29) is 0 Å².